The quantitative estimate of drug-likeness (QED) is 0.794. The second kappa shape index (κ2) is 6.38. The first-order valence-corrected chi connectivity index (χ1v) is 8.50. The molecule has 3 amide bonds. The van der Waals surface area contributed by atoms with Crippen molar-refractivity contribution in [1.82, 2.24) is 10.2 Å². The summed E-state index contributed by atoms with van der Waals surface area (Å²) in [6, 6.07) is 7.89. The van der Waals surface area contributed by atoms with E-state index >= 15 is 0 Å². The highest BCUT2D eigenvalue weighted by Crippen LogP contribution is 2.33. The second-order valence-corrected chi connectivity index (χ2v) is 7.03. The molecular weight excluding hydrogens is 322 g/mol. The lowest BCUT2D eigenvalue weighted by atomic mass is 9.75. The average molecular weight is 345 g/mol. The van der Waals surface area contributed by atoms with Gasteiger partial charge in [0.1, 0.15) is 0 Å². The molecule has 2 aliphatic heterocycles. The van der Waals surface area contributed by atoms with E-state index in [9.17, 15) is 14.4 Å². The fraction of sp³-hybridized carbons (Fsp3) is 0.500. The van der Waals surface area contributed by atoms with Crippen molar-refractivity contribution in [2.24, 2.45) is 0 Å². The molecule has 2 saturated heterocycles. The molecule has 134 valence electrons. The predicted molar refractivity (Wildman–Crippen MR) is 92.6 cm³/mol. The van der Waals surface area contributed by atoms with Crippen LogP contribution in [-0.2, 0) is 15.0 Å². The van der Waals surface area contributed by atoms with Gasteiger partial charge in [0.2, 0.25) is 11.8 Å². The lowest BCUT2D eigenvalue weighted by molar-refractivity contribution is -0.137. The average Bonchev–Trinajstić information content (AvgIpc) is 2.58. The summed E-state index contributed by atoms with van der Waals surface area (Å²) >= 11 is 0. The zero-order valence-corrected chi connectivity index (χ0v) is 14.5. The van der Waals surface area contributed by atoms with Gasteiger partial charge in [-0.1, -0.05) is 12.1 Å². The molecule has 0 bridgehead atoms. The molecule has 0 spiro atoms. The van der Waals surface area contributed by atoms with Crippen LogP contribution in [0, 0.1) is 0 Å². The molecule has 2 heterocycles. The van der Waals surface area contributed by atoms with Gasteiger partial charge >= 0.3 is 6.09 Å². The van der Waals surface area contributed by atoms with Crippen molar-refractivity contribution in [3.8, 4) is 0 Å². The Kier molecular flexibility index (Phi) is 4.41. The number of amides is 3. The summed E-state index contributed by atoms with van der Waals surface area (Å²) in [5.74, 6) is -0.468. The van der Waals surface area contributed by atoms with E-state index in [-0.39, 0.29) is 17.9 Å². The number of imide groups is 1. The van der Waals surface area contributed by atoms with Crippen LogP contribution in [0.1, 0.15) is 32.3 Å². The van der Waals surface area contributed by atoms with Crippen LogP contribution in [0.4, 0.5) is 10.5 Å². The van der Waals surface area contributed by atoms with Crippen LogP contribution in [0.15, 0.2) is 24.3 Å². The third kappa shape index (κ3) is 3.18. The molecule has 0 aliphatic carbocycles. The Balaban J connectivity index is 1.76. The van der Waals surface area contributed by atoms with Crippen LogP contribution in [0.5, 0.6) is 0 Å². The van der Waals surface area contributed by atoms with E-state index in [0.717, 1.165) is 11.3 Å². The lowest BCUT2D eigenvalue weighted by Gasteiger charge is -2.40. The summed E-state index contributed by atoms with van der Waals surface area (Å²) in [6.07, 6.45) is -0.0317. The molecule has 7 nitrogen and oxygen atoms in total. The molecule has 7 heteroatoms. The maximum atomic E-state index is 12.3. The van der Waals surface area contributed by atoms with E-state index in [0.29, 0.717) is 32.5 Å². The third-order valence-electron chi connectivity index (χ3n) is 5.34. The number of carbonyl (C=O) groups is 3. The predicted octanol–water partition coefficient (Wildman–Crippen LogP) is 1.57. The SMILES string of the molecule is C[C@H]1CN(C(=O)O)CCN1c1ccc([C@@]2(C)CCC(=O)NC2=O)cc1. The van der Waals surface area contributed by atoms with E-state index in [1.165, 1.54) is 4.90 Å². The van der Waals surface area contributed by atoms with E-state index < -0.39 is 11.5 Å². The minimum absolute atomic E-state index is 0.0851. The Morgan fingerprint density at radius 3 is 2.48 bits per heavy atom. The monoisotopic (exact) mass is 345 g/mol. The van der Waals surface area contributed by atoms with Gasteiger partial charge in [-0.3, -0.25) is 14.9 Å². The number of piperazine rings is 1. The summed E-state index contributed by atoms with van der Waals surface area (Å²) in [5, 5.41) is 11.5. The number of hydrogen-bond donors (Lipinski definition) is 2. The van der Waals surface area contributed by atoms with E-state index in [1.807, 2.05) is 38.1 Å². The Bertz CT molecular complexity index is 703. The van der Waals surface area contributed by atoms with Gasteiger partial charge in [-0.05, 0) is 38.0 Å². The summed E-state index contributed by atoms with van der Waals surface area (Å²) in [4.78, 5) is 38.3. The minimum atomic E-state index is -0.882. The number of anilines is 1. The molecule has 3 rings (SSSR count). The number of hydrogen-bond acceptors (Lipinski definition) is 4. The number of nitrogens with zero attached hydrogens (tertiary/aromatic N) is 2. The van der Waals surface area contributed by atoms with Crippen molar-refractivity contribution < 1.29 is 19.5 Å². The van der Waals surface area contributed by atoms with Gasteiger partial charge in [0.05, 0.1) is 5.41 Å². The molecule has 0 unspecified atom stereocenters. The summed E-state index contributed by atoms with van der Waals surface area (Å²) in [7, 11) is 0. The summed E-state index contributed by atoms with van der Waals surface area (Å²) in [5.41, 5.74) is 1.20. The summed E-state index contributed by atoms with van der Waals surface area (Å²) in [6.45, 7) is 5.45. The van der Waals surface area contributed by atoms with Gasteiger partial charge < -0.3 is 14.9 Å². The van der Waals surface area contributed by atoms with Crippen LogP contribution >= 0.6 is 0 Å². The van der Waals surface area contributed by atoms with Crippen molar-refractivity contribution >= 4 is 23.6 Å². The van der Waals surface area contributed by atoms with Crippen molar-refractivity contribution in [3.05, 3.63) is 29.8 Å². The molecule has 1 aromatic carbocycles. The fourth-order valence-electron chi connectivity index (χ4n) is 3.62. The van der Waals surface area contributed by atoms with Gasteiger partial charge in [0.15, 0.2) is 0 Å². The minimum Gasteiger partial charge on any atom is -0.465 e. The number of carboxylic acid groups (broad SMARTS) is 1. The highest BCUT2D eigenvalue weighted by atomic mass is 16.4. The number of benzene rings is 1. The molecule has 0 saturated carbocycles. The van der Waals surface area contributed by atoms with Crippen LogP contribution < -0.4 is 10.2 Å². The Labute approximate surface area is 146 Å². The lowest BCUT2D eigenvalue weighted by Crippen LogP contribution is -2.53. The fourth-order valence-corrected chi connectivity index (χ4v) is 3.62. The maximum absolute atomic E-state index is 12.3. The van der Waals surface area contributed by atoms with E-state index in [1.54, 1.807) is 0 Å². The smallest absolute Gasteiger partial charge is 0.407 e. The molecule has 1 aromatic rings. The third-order valence-corrected chi connectivity index (χ3v) is 5.34. The van der Waals surface area contributed by atoms with Crippen LogP contribution in [0.25, 0.3) is 0 Å². The van der Waals surface area contributed by atoms with Crippen molar-refractivity contribution in [2.45, 2.75) is 38.1 Å². The van der Waals surface area contributed by atoms with E-state index in [2.05, 4.69) is 10.2 Å². The molecule has 2 N–H and O–H groups in total. The first-order valence-electron chi connectivity index (χ1n) is 8.50. The summed E-state index contributed by atoms with van der Waals surface area (Å²) < 4.78 is 0. The molecule has 25 heavy (non-hydrogen) atoms. The number of carbonyl (C=O) groups excluding carboxylic acids is 2. The highest BCUT2D eigenvalue weighted by Gasteiger charge is 2.40. The standard InChI is InChI=1S/C18H23N3O4/c1-12-11-20(17(24)25)9-10-21(12)14-5-3-13(4-6-14)18(2)8-7-15(22)19-16(18)23/h3-6,12H,7-11H2,1-2H3,(H,24,25)(H,19,22,23)/t12-,18+/m0/s1. The van der Waals surface area contributed by atoms with Crippen molar-refractivity contribution in [3.63, 3.8) is 0 Å². The first-order chi connectivity index (χ1) is 11.8. The first kappa shape index (κ1) is 17.3. The number of rotatable bonds is 2. The van der Waals surface area contributed by atoms with Gasteiger partial charge in [0, 0.05) is 37.8 Å². The second-order valence-electron chi connectivity index (χ2n) is 7.03. The Morgan fingerprint density at radius 2 is 1.92 bits per heavy atom. The Morgan fingerprint density at radius 1 is 1.24 bits per heavy atom. The van der Waals surface area contributed by atoms with Crippen LogP contribution in [0.3, 0.4) is 0 Å². The van der Waals surface area contributed by atoms with Crippen LogP contribution in [-0.4, -0.2) is 53.6 Å². The number of piperidine rings is 1. The van der Waals surface area contributed by atoms with Gasteiger partial charge in [-0.2, -0.15) is 0 Å². The zero-order chi connectivity index (χ0) is 18.2. The molecule has 2 fully saturated rings. The normalized spacial score (nSPS) is 27.2. The molecule has 0 radical (unpaired) electrons. The maximum Gasteiger partial charge on any atom is 0.407 e. The Hall–Kier alpha value is -2.57. The van der Waals surface area contributed by atoms with E-state index in [4.69, 9.17) is 5.11 Å². The highest BCUT2D eigenvalue weighted by molar-refractivity contribution is 6.03. The molecule has 2 atom stereocenters. The van der Waals surface area contributed by atoms with Crippen molar-refractivity contribution in [1.29, 1.82) is 0 Å². The van der Waals surface area contributed by atoms with Crippen molar-refractivity contribution in [2.75, 3.05) is 24.5 Å². The van der Waals surface area contributed by atoms with Gasteiger partial charge in [-0.15, -0.1) is 0 Å². The zero-order valence-electron chi connectivity index (χ0n) is 14.5. The number of nitrogens with one attached hydrogen (secondary N) is 1. The topological polar surface area (TPSA) is 90.0 Å². The van der Waals surface area contributed by atoms with Gasteiger partial charge in [-0.25, -0.2) is 4.79 Å². The molecular formula is C18H23N3O4. The molecule has 0 aromatic heterocycles. The van der Waals surface area contributed by atoms with Gasteiger partial charge in [0.25, 0.3) is 0 Å². The molecule has 2 aliphatic rings. The van der Waals surface area contributed by atoms with Crippen LogP contribution in [0.2, 0.25) is 0 Å². The largest absolute Gasteiger partial charge is 0.465 e.